The van der Waals surface area contributed by atoms with Crippen LogP contribution >= 0.6 is 15.9 Å². The average Bonchev–Trinajstić information content (AvgIpc) is 2.42. The summed E-state index contributed by atoms with van der Waals surface area (Å²) in [5, 5.41) is 7.75. The van der Waals surface area contributed by atoms with Gasteiger partial charge in [-0.3, -0.25) is 10.1 Å². The smallest absolute Gasteiger partial charge is 0.321 e. The highest BCUT2D eigenvalue weighted by atomic mass is 79.9. The molecule has 0 radical (unpaired) electrons. The third-order valence-electron chi connectivity index (χ3n) is 2.64. The number of carbonyl (C=O) groups is 2. The maximum atomic E-state index is 11.8. The molecule has 0 spiro atoms. The zero-order valence-electron chi connectivity index (χ0n) is 12.3. The van der Waals surface area contributed by atoms with Crippen LogP contribution < -0.4 is 20.7 Å². The molecule has 1 atom stereocenters. The largest absolute Gasteiger partial charge is 0.481 e. The van der Waals surface area contributed by atoms with Gasteiger partial charge in [0.2, 0.25) is 0 Å². The second-order valence-corrected chi connectivity index (χ2v) is 5.31. The lowest BCUT2D eigenvalue weighted by Crippen LogP contribution is -2.45. The van der Waals surface area contributed by atoms with Crippen LogP contribution in [0.5, 0.6) is 5.75 Å². The number of urea groups is 1. The molecule has 21 heavy (non-hydrogen) atoms. The summed E-state index contributed by atoms with van der Waals surface area (Å²) in [6.45, 7) is 4.43. The number of hydrogen-bond acceptors (Lipinski definition) is 4. The van der Waals surface area contributed by atoms with Gasteiger partial charge in [0, 0.05) is 23.1 Å². The fourth-order valence-electron chi connectivity index (χ4n) is 1.65. The first kappa shape index (κ1) is 17.5. The monoisotopic (exact) mass is 357 g/mol. The molecule has 1 aromatic rings. The molecule has 0 aliphatic heterocycles. The van der Waals surface area contributed by atoms with Crippen LogP contribution in [0.1, 0.15) is 19.4 Å². The van der Waals surface area contributed by atoms with E-state index in [1.807, 2.05) is 19.2 Å². The lowest BCUT2D eigenvalue weighted by atomic mass is 10.2. The van der Waals surface area contributed by atoms with Gasteiger partial charge in [-0.1, -0.05) is 15.9 Å². The zero-order valence-corrected chi connectivity index (χ0v) is 13.9. The normalized spacial score (nSPS) is 11.6. The summed E-state index contributed by atoms with van der Waals surface area (Å²) >= 11 is 3.40. The highest BCUT2D eigenvalue weighted by Gasteiger charge is 2.18. The van der Waals surface area contributed by atoms with Gasteiger partial charge in [0.15, 0.2) is 6.10 Å². The Hall–Kier alpha value is -1.60. The Morgan fingerprint density at radius 2 is 2.10 bits per heavy atom. The molecular formula is C14H20BrN3O3. The summed E-state index contributed by atoms with van der Waals surface area (Å²) in [5.74, 6) is 0.116. The number of carbonyl (C=O) groups excluding carboxylic acids is 2. The van der Waals surface area contributed by atoms with Gasteiger partial charge < -0.3 is 15.4 Å². The molecule has 116 valence electrons. The van der Waals surface area contributed by atoms with Gasteiger partial charge in [-0.05, 0) is 39.1 Å². The molecule has 1 unspecified atom stereocenters. The van der Waals surface area contributed by atoms with Crippen LogP contribution in [0, 0.1) is 0 Å². The SMILES string of the molecule is CCNC(=O)NC(=O)C(C)Oc1ccc(Br)cc1CNC. The number of benzene rings is 1. The van der Waals surface area contributed by atoms with E-state index in [0.29, 0.717) is 18.8 Å². The van der Waals surface area contributed by atoms with E-state index in [0.717, 1.165) is 10.0 Å². The molecule has 0 bridgehead atoms. The second kappa shape index (κ2) is 8.63. The topological polar surface area (TPSA) is 79.5 Å². The van der Waals surface area contributed by atoms with Crippen molar-refractivity contribution < 1.29 is 14.3 Å². The molecule has 1 rings (SSSR count). The third kappa shape index (κ3) is 5.73. The molecule has 7 heteroatoms. The summed E-state index contributed by atoms with van der Waals surface area (Å²) in [6, 6.07) is 5.01. The van der Waals surface area contributed by atoms with Crippen molar-refractivity contribution in [3.8, 4) is 5.75 Å². The molecule has 0 aromatic heterocycles. The third-order valence-corrected chi connectivity index (χ3v) is 3.13. The van der Waals surface area contributed by atoms with Crippen LogP contribution in [0.25, 0.3) is 0 Å². The lowest BCUT2D eigenvalue weighted by Gasteiger charge is -2.17. The van der Waals surface area contributed by atoms with E-state index in [-0.39, 0.29) is 0 Å². The highest BCUT2D eigenvalue weighted by molar-refractivity contribution is 9.10. The fourth-order valence-corrected chi connectivity index (χ4v) is 2.06. The number of nitrogens with one attached hydrogen (secondary N) is 3. The Kier molecular flexibility index (Phi) is 7.18. The van der Waals surface area contributed by atoms with Crippen LogP contribution in [0.3, 0.4) is 0 Å². The molecular weight excluding hydrogens is 338 g/mol. The van der Waals surface area contributed by atoms with Crippen molar-refractivity contribution in [1.29, 1.82) is 0 Å². The van der Waals surface area contributed by atoms with Crippen LogP contribution in [0.15, 0.2) is 22.7 Å². The van der Waals surface area contributed by atoms with E-state index < -0.39 is 18.0 Å². The Bertz CT molecular complexity index is 508. The molecule has 3 N–H and O–H groups in total. The van der Waals surface area contributed by atoms with E-state index in [2.05, 4.69) is 31.9 Å². The van der Waals surface area contributed by atoms with Crippen LogP contribution in [0.2, 0.25) is 0 Å². The summed E-state index contributed by atoms with van der Waals surface area (Å²) in [6.07, 6.45) is -0.774. The van der Waals surface area contributed by atoms with Crippen LogP contribution in [0.4, 0.5) is 4.79 Å². The van der Waals surface area contributed by atoms with Crippen LogP contribution in [-0.2, 0) is 11.3 Å². The number of amides is 3. The van der Waals surface area contributed by atoms with Crippen molar-refractivity contribution in [2.24, 2.45) is 0 Å². The number of imide groups is 1. The van der Waals surface area contributed by atoms with E-state index >= 15 is 0 Å². The average molecular weight is 358 g/mol. The van der Waals surface area contributed by atoms with E-state index in [4.69, 9.17) is 4.74 Å². The molecule has 0 saturated carbocycles. The van der Waals surface area contributed by atoms with Crippen molar-refractivity contribution in [1.82, 2.24) is 16.0 Å². The number of rotatable bonds is 6. The Morgan fingerprint density at radius 3 is 2.71 bits per heavy atom. The zero-order chi connectivity index (χ0) is 15.8. The molecule has 3 amide bonds. The molecule has 0 aliphatic rings. The van der Waals surface area contributed by atoms with Gasteiger partial charge in [-0.25, -0.2) is 4.79 Å². The molecule has 6 nitrogen and oxygen atoms in total. The van der Waals surface area contributed by atoms with Gasteiger partial charge in [-0.15, -0.1) is 0 Å². The molecule has 0 saturated heterocycles. The number of hydrogen-bond donors (Lipinski definition) is 3. The Morgan fingerprint density at radius 1 is 1.38 bits per heavy atom. The predicted octanol–water partition coefficient (Wildman–Crippen LogP) is 1.78. The predicted molar refractivity (Wildman–Crippen MR) is 84.2 cm³/mol. The van der Waals surface area contributed by atoms with E-state index in [1.165, 1.54) is 0 Å². The quantitative estimate of drug-likeness (QED) is 0.724. The Balaban J connectivity index is 2.71. The van der Waals surface area contributed by atoms with Crippen molar-refractivity contribution in [3.63, 3.8) is 0 Å². The van der Waals surface area contributed by atoms with Crippen molar-refractivity contribution >= 4 is 27.9 Å². The number of halogens is 1. The second-order valence-electron chi connectivity index (χ2n) is 4.39. The van der Waals surface area contributed by atoms with E-state index in [1.54, 1.807) is 19.9 Å². The first-order valence-electron chi connectivity index (χ1n) is 6.66. The van der Waals surface area contributed by atoms with Crippen LogP contribution in [-0.4, -0.2) is 31.6 Å². The minimum atomic E-state index is -0.774. The highest BCUT2D eigenvalue weighted by Crippen LogP contribution is 2.24. The van der Waals surface area contributed by atoms with Gasteiger partial charge in [0.1, 0.15) is 5.75 Å². The van der Waals surface area contributed by atoms with Gasteiger partial charge in [0.05, 0.1) is 0 Å². The van der Waals surface area contributed by atoms with Gasteiger partial charge in [-0.2, -0.15) is 0 Å². The molecule has 0 fully saturated rings. The Labute approximate surface area is 132 Å². The standard InChI is InChI=1S/C14H20BrN3O3/c1-4-17-14(20)18-13(19)9(2)21-12-6-5-11(15)7-10(12)8-16-3/h5-7,9,16H,4,8H2,1-3H3,(H2,17,18,19,20). The fraction of sp³-hybridized carbons (Fsp3) is 0.429. The molecule has 0 aliphatic carbocycles. The maximum absolute atomic E-state index is 11.8. The van der Waals surface area contributed by atoms with Crippen molar-refractivity contribution in [2.75, 3.05) is 13.6 Å². The summed E-state index contributed by atoms with van der Waals surface area (Å²) < 4.78 is 6.57. The molecule has 1 aromatic carbocycles. The first-order valence-corrected chi connectivity index (χ1v) is 7.45. The van der Waals surface area contributed by atoms with Gasteiger partial charge >= 0.3 is 6.03 Å². The minimum Gasteiger partial charge on any atom is -0.481 e. The molecule has 0 heterocycles. The van der Waals surface area contributed by atoms with Crippen molar-refractivity contribution in [2.45, 2.75) is 26.5 Å². The lowest BCUT2D eigenvalue weighted by molar-refractivity contribution is -0.126. The summed E-state index contributed by atoms with van der Waals surface area (Å²) in [7, 11) is 1.83. The van der Waals surface area contributed by atoms with E-state index in [9.17, 15) is 9.59 Å². The first-order chi connectivity index (χ1) is 9.97. The number of ether oxygens (including phenoxy) is 1. The van der Waals surface area contributed by atoms with Gasteiger partial charge in [0.25, 0.3) is 5.91 Å². The van der Waals surface area contributed by atoms with Crippen molar-refractivity contribution in [3.05, 3.63) is 28.2 Å². The summed E-state index contributed by atoms with van der Waals surface area (Å²) in [4.78, 5) is 23.2. The minimum absolute atomic E-state index is 0.452. The summed E-state index contributed by atoms with van der Waals surface area (Å²) in [5.41, 5.74) is 0.921. The maximum Gasteiger partial charge on any atom is 0.321 e.